The molecule has 0 saturated heterocycles. The molecular weight excluding hydrogens is 263 g/mol. The highest BCUT2D eigenvalue weighted by Crippen LogP contribution is 2.25. The van der Waals surface area contributed by atoms with Crippen LogP contribution in [0.25, 0.3) is 0 Å². The van der Waals surface area contributed by atoms with E-state index < -0.39 is 5.82 Å². The maximum Gasteiger partial charge on any atom is 0.126 e. The molecule has 2 aromatic carbocycles. The number of rotatable bonds is 4. The predicted octanol–water partition coefficient (Wildman–Crippen LogP) is 4.55. The van der Waals surface area contributed by atoms with Crippen LogP contribution in [0.3, 0.4) is 0 Å². The maximum atomic E-state index is 13.3. The van der Waals surface area contributed by atoms with E-state index in [4.69, 9.17) is 16.9 Å². The molecule has 0 bridgehead atoms. The van der Waals surface area contributed by atoms with Gasteiger partial charge in [0.05, 0.1) is 18.5 Å². The third kappa shape index (κ3) is 3.70. The second-order valence-electron chi connectivity index (χ2n) is 4.13. The fourth-order valence-corrected chi connectivity index (χ4v) is 2.09. The second kappa shape index (κ2) is 6.21. The minimum absolute atomic E-state index is 0.191. The van der Waals surface area contributed by atoms with Crippen molar-refractivity contribution in [2.75, 3.05) is 5.32 Å². The molecule has 4 heteroatoms. The molecule has 0 heterocycles. The van der Waals surface area contributed by atoms with E-state index >= 15 is 0 Å². The molecule has 1 unspecified atom stereocenters. The van der Waals surface area contributed by atoms with Gasteiger partial charge in [-0.1, -0.05) is 41.9 Å². The number of hydrogen-bond donors (Lipinski definition) is 1. The van der Waals surface area contributed by atoms with Crippen molar-refractivity contribution in [2.24, 2.45) is 0 Å². The predicted molar refractivity (Wildman–Crippen MR) is 74.4 cm³/mol. The van der Waals surface area contributed by atoms with Gasteiger partial charge in [0.1, 0.15) is 5.82 Å². The Kier molecular flexibility index (Phi) is 4.38. The summed E-state index contributed by atoms with van der Waals surface area (Å²) in [6.45, 7) is 0. The highest BCUT2D eigenvalue weighted by molar-refractivity contribution is 6.30. The van der Waals surface area contributed by atoms with Crippen molar-refractivity contribution in [3.05, 3.63) is 64.9 Å². The standard InChI is InChI=1S/C15H12ClFN2/c16-12-8-13(17)10-14(9-12)19-15(6-7-18)11-4-2-1-3-5-11/h1-5,8-10,15,19H,6H2. The van der Waals surface area contributed by atoms with Crippen LogP contribution in [0.1, 0.15) is 18.0 Å². The molecule has 0 amide bonds. The minimum atomic E-state index is -0.404. The number of benzene rings is 2. The summed E-state index contributed by atoms with van der Waals surface area (Å²) in [5, 5.41) is 12.4. The summed E-state index contributed by atoms with van der Waals surface area (Å²) >= 11 is 5.81. The summed E-state index contributed by atoms with van der Waals surface area (Å²) in [5.41, 5.74) is 1.54. The van der Waals surface area contributed by atoms with Gasteiger partial charge in [-0.25, -0.2) is 4.39 Å². The van der Waals surface area contributed by atoms with Crippen LogP contribution in [0.4, 0.5) is 10.1 Å². The number of nitrogens with zero attached hydrogens (tertiary/aromatic N) is 1. The zero-order valence-electron chi connectivity index (χ0n) is 10.1. The minimum Gasteiger partial charge on any atom is -0.377 e. The third-order valence-electron chi connectivity index (χ3n) is 2.70. The molecule has 2 nitrogen and oxygen atoms in total. The molecule has 0 saturated carbocycles. The molecule has 0 aliphatic heterocycles. The zero-order valence-corrected chi connectivity index (χ0v) is 10.9. The van der Waals surface area contributed by atoms with Gasteiger partial charge in [0.15, 0.2) is 0 Å². The summed E-state index contributed by atoms with van der Waals surface area (Å²) < 4.78 is 13.3. The van der Waals surface area contributed by atoms with Gasteiger partial charge in [-0.15, -0.1) is 0 Å². The fraction of sp³-hybridized carbons (Fsp3) is 0.133. The van der Waals surface area contributed by atoms with E-state index in [1.54, 1.807) is 6.07 Å². The molecule has 2 aromatic rings. The maximum absolute atomic E-state index is 13.3. The van der Waals surface area contributed by atoms with Gasteiger partial charge in [-0.05, 0) is 23.8 Å². The number of hydrogen-bond acceptors (Lipinski definition) is 2. The van der Waals surface area contributed by atoms with E-state index in [0.717, 1.165) is 5.56 Å². The average molecular weight is 275 g/mol. The van der Waals surface area contributed by atoms with Crippen LogP contribution in [0, 0.1) is 17.1 Å². The molecule has 1 atom stereocenters. The number of halogens is 2. The number of nitriles is 1. The summed E-state index contributed by atoms with van der Waals surface area (Å²) in [6.07, 6.45) is 0.290. The van der Waals surface area contributed by atoms with E-state index in [2.05, 4.69) is 11.4 Å². The highest BCUT2D eigenvalue weighted by atomic mass is 35.5. The van der Waals surface area contributed by atoms with E-state index in [9.17, 15) is 4.39 Å². The Labute approximate surface area is 116 Å². The second-order valence-corrected chi connectivity index (χ2v) is 4.56. The normalized spacial score (nSPS) is 11.6. The van der Waals surface area contributed by atoms with Crippen LogP contribution in [0.15, 0.2) is 48.5 Å². The smallest absolute Gasteiger partial charge is 0.126 e. The molecule has 19 heavy (non-hydrogen) atoms. The summed E-state index contributed by atoms with van der Waals surface area (Å²) in [5.74, 6) is -0.404. The van der Waals surface area contributed by atoms with Gasteiger partial charge in [-0.3, -0.25) is 0 Å². The first-order valence-electron chi connectivity index (χ1n) is 5.83. The van der Waals surface area contributed by atoms with Crippen molar-refractivity contribution in [1.29, 1.82) is 5.26 Å². The van der Waals surface area contributed by atoms with Crippen molar-refractivity contribution in [3.63, 3.8) is 0 Å². The Balaban J connectivity index is 2.24. The lowest BCUT2D eigenvalue weighted by molar-refractivity contribution is 0.628. The van der Waals surface area contributed by atoms with E-state index in [1.807, 2.05) is 30.3 Å². The Bertz CT molecular complexity index is 573. The lowest BCUT2D eigenvalue weighted by atomic mass is 10.0. The van der Waals surface area contributed by atoms with Crippen LogP contribution in [-0.2, 0) is 0 Å². The van der Waals surface area contributed by atoms with Crippen molar-refractivity contribution >= 4 is 17.3 Å². The van der Waals surface area contributed by atoms with Crippen molar-refractivity contribution < 1.29 is 4.39 Å². The molecule has 0 aliphatic rings. The van der Waals surface area contributed by atoms with Crippen LogP contribution in [0.2, 0.25) is 5.02 Å². The number of nitrogens with one attached hydrogen (secondary N) is 1. The molecule has 0 radical (unpaired) electrons. The van der Waals surface area contributed by atoms with Gasteiger partial charge in [0, 0.05) is 10.7 Å². The Hall–Kier alpha value is -2.05. The lowest BCUT2D eigenvalue weighted by Crippen LogP contribution is -2.10. The van der Waals surface area contributed by atoms with Gasteiger partial charge < -0.3 is 5.32 Å². The first kappa shape index (κ1) is 13.4. The monoisotopic (exact) mass is 274 g/mol. The molecule has 0 spiro atoms. The molecule has 0 fully saturated rings. The van der Waals surface area contributed by atoms with Gasteiger partial charge in [0.2, 0.25) is 0 Å². The fourth-order valence-electron chi connectivity index (χ4n) is 1.87. The van der Waals surface area contributed by atoms with Gasteiger partial charge in [-0.2, -0.15) is 5.26 Å². The topological polar surface area (TPSA) is 35.8 Å². The van der Waals surface area contributed by atoms with Crippen LogP contribution >= 0.6 is 11.6 Å². The van der Waals surface area contributed by atoms with Crippen LogP contribution < -0.4 is 5.32 Å². The van der Waals surface area contributed by atoms with E-state index in [-0.39, 0.29) is 12.5 Å². The summed E-state index contributed by atoms with van der Waals surface area (Å²) in [7, 11) is 0. The molecule has 1 N–H and O–H groups in total. The Morgan fingerprint density at radius 1 is 1.21 bits per heavy atom. The average Bonchev–Trinajstić information content (AvgIpc) is 2.38. The number of anilines is 1. The Morgan fingerprint density at radius 3 is 2.58 bits per heavy atom. The largest absolute Gasteiger partial charge is 0.377 e. The van der Waals surface area contributed by atoms with Crippen LogP contribution in [-0.4, -0.2) is 0 Å². The van der Waals surface area contributed by atoms with Crippen molar-refractivity contribution in [2.45, 2.75) is 12.5 Å². The molecular formula is C15H12ClFN2. The lowest BCUT2D eigenvalue weighted by Gasteiger charge is -2.18. The van der Waals surface area contributed by atoms with E-state index in [1.165, 1.54) is 12.1 Å². The van der Waals surface area contributed by atoms with Gasteiger partial charge >= 0.3 is 0 Å². The van der Waals surface area contributed by atoms with Crippen molar-refractivity contribution in [1.82, 2.24) is 0 Å². The van der Waals surface area contributed by atoms with E-state index in [0.29, 0.717) is 10.7 Å². The van der Waals surface area contributed by atoms with Crippen LogP contribution in [0.5, 0.6) is 0 Å². The first-order chi connectivity index (χ1) is 9.19. The molecule has 0 aliphatic carbocycles. The molecule has 2 rings (SSSR count). The molecule has 96 valence electrons. The van der Waals surface area contributed by atoms with Crippen molar-refractivity contribution in [3.8, 4) is 6.07 Å². The third-order valence-corrected chi connectivity index (χ3v) is 2.92. The zero-order chi connectivity index (χ0) is 13.7. The SMILES string of the molecule is N#CCC(Nc1cc(F)cc(Cl)c1)c1ccccc1. The summed E-state index contributed by atoms with van der Waals surface area (Å²) in [4.78, 5) is 0. The van der Waals surface area contributed by atoms with Gasteiger partial charge in [0.25, 0.3) is 0 Å². The first-order valence-corrected chi connectivity index (χ1v) is 6.21. The summed E-state index contributed by atoms with van der Waals surface area (Å²) in [6, 6.07) is 15.7. The quantitative estimate of drug-likeness (QED) is 0.888. The molecule has 0 aromatic heterocycles. The highest BCUT2D eigenvalue weighted by Gasteiger charge is 2.11. The Morgan fingerprint density at radius 2 is 1.95 bits per heavy atom.